The van der Waals surface area contributed by atoms with Gasteiger partial charge < -0.3 is 0 Å². The van der Waals surface area contributed by atoms with E-state index in [1.165, 1.54) is 38.5 Å². The molecule has 0 N–H and O–H groups in total. The summed E-state index contributed by atoms with van der Waals surface area (Å²) in [5.41, 5.74) is 0. The Bertz CT molecular complexity index is 96.2. The van der Waals surface area contributed by atoms with Crippen LogP contribution >= 0.6 is 0 Å². The van der Waals surface area contributed by atoms with E-state index in [4.69, 9.17) is 0 Å². The Hall–Kier alpha value is 0. The molecule has 1 radical (unpaired) electrons. The summed E-state index contributed by atoms with van der Waals surface area (Å²) >= 11 is 0. The molecule has 1 aliphatic carbocycles. The van der Waals surface area contributed by atoms with Crippen molar-refractivity contribution < 1.29 is 0 Å². The number of hydrogen-bond donors (Lipinski definition) is 0. The minimum atomic E-state index is 1.01. The van der Waals surface area contributed by atoms with Crippen LogP contribution in [0, 0.1) is 18.8 Å². The van der Waals surface area contributed by atoms with Crippen molar-refractivity contribution in [1.82, 2.24) is 0 Å². The predicted octanol–water partition coefficient (Wildman–Crippen LogP) is 3.82. The number of hydrogen-bond acceptors (Lipinski definition) is 0. The molecule has 0 nitrogen and oxygen atoms in total. The van der Waals surface area contributed by atoms with Crippen molar-refractivity contribution in [3.8, 4) is 0 Å². The Morgan fingerprint density at radius 2 is 2.09 bits per heavy atom. The van der Waals surface area contributed by atoms with E-state index in [0.29, 0.717) is 0 Å². The lowest BCUT2D eigenvalue weighted by Crippen LogP contribution is -2.02. The van der Waals surface area contributed by atoms with Gasteiger partial charge in [-0.05, 0) is 11.8 Å². The highest BCUT2D eigenvalue weighted by Gasteiger charge is 2.21. The molecule has 0 aromatic rings. The lowest BCUT2D eigenvalue weighted by atomic mass is 9.92. The molecule has 0 aromatic heterocycles. The largest absolute Gasteiger partial charge is 0.0622 e. The van der Waals surface area contributed by atoms with Crippen LogP contribution in [0.5, 0.6) is 0 Å². The van der Waals surface area contributed by atoms with Crippen LogP contribution in [0.25, 0.3) is 0 Å². The molecule has 0 amide bonds. The highest BCUT2D eigenvalue weighted by Crippen LogP contribution is 2.34. The second kappa shape index (κ2) is 4.79. The highest BCUT2D eigenvalue weighted by atomic mass is 14.3. The van der Waals surface area contributed by atoms with Gasteiger partial charge in [-0.15, -0.1) is 0 Å². The average Bonchev–Trinajstić information content (AvgIpc) is 2.37. The quantitative estimate of drug-likeness (QED) is 0.539. The van der Waals surface area contributed by atoms with Crippen molar-refractivity contribution in [3.63, 3.8) is 0 Å². The van der Waals surface area contributed by atoms with E-state index in [1.54, 1.807) is 0 Å². The van der Waals surface area contributed by atoms with Gasteiger partial charge in [-0.2, -0.15) is 0 Å². The highest BCUT2D eigenvalue weighted by molar-refractivity contribution is 4.73. The molecule has 0 aromatic carbocycles. The van der Waals surface area contributed by atoms with Crippen LogP contribution in [0.1, 0.15) is 51.9 Å². The first kappa shape index (κ1) is 9.09. The van der Waals surface area contributed by atoms with Crippen LogP contribution in [0.2, 0.25) is 0 Å². The molecule has 0 heteroatoms. The van der Waals surface area contributed by atoms with Gasteiger partial charge in [-0.1, -0.05) is 58.8 Å². The molecule has 11 heavy (non-hydrogen) atoms. The normalized spacial score (nSPS) is 31.1. The van der Waals surface area contributed by atoms with E-state index < -0.39 is 0 Å². The number of unbranched alkanes of at least 4 members (excludes halogenated alkanes) is 2. The topological polar surface area (TPSA) is 0 Å². The first-order valence-electron chi connectivity index (χ1n) is 5.14. The van der Waals surface area contributed by atoms with Crippen molar-refractivity contribution in [3.05, 3.63) is 6.92 Å². The molecular weight excluding hydrogens is 132 g/mol. The monoisotopic (exact) mass is 153 g/mol. The van der Waals surface area contributed by atoms with E-state index in [0.717, 1.165) is 18.3 Å². The van der Waals surface area contributed by atoms with Gasteiger partial charge in [-0.3, -0.25) is 0 Å². The first-order chi connectivity index (χ1) is 5.34. The minimum absolute atomic E-state index is 1.01. The summed E-state index contributed by atoms with van der Waals surface area (Å²) in [7, 11) is 0. The van der Waals surface area contributed by atoms with Gasteiger partial charge in [0.25, 0.3) is 0 Å². The third-order valence-corrected chi connectivity index (χ3v) is 3.11. The summed E-state index contributed by atoms with van der Waals surface area (Å²) in [6, 6.07) is 0. The van der Waals surface area contributed by atoms with E-state index >= 15 is 0 Å². The predicted molar refractivity (Wildman–Crippen MR) is 50.3 cm³/mol. The maximum atomic E-state index is 3.87. The molecule has 1 rings (SSSR count). The zero-order chi connectivity index (χ0) is 8.10. The molecule has 2 unspecified atom stereocenters. The summed E-state index contributed by atoms with van der Waals surface area (Å²) in [4.78, 5) is 0. The standard InChI is InChI=1S/C11H21/c1-3-4-5-8-11-9-6-7-10(11)2/h10-11H,1,3-9H2,2H3. The molecule has 0 spiro atoms. The summed E-state index contributed by atoms with van der Waals surface area (Å²) in [6.45, 7) is 6.29. The van der Waals surface area contributed by atoms with E-state index in [9.17, 15) is 0 Å². The van der Waals surface area contributed by atoms with Crippen molar-refractivity contribution >= 4 is 0 Å². The fourth-order valence-electron chi connectivity index (χ4n) is 2.23. The van der Waals surface area contributed by atoms with E-state index in [1.807, 2.05) is 0 Å². The summed E-state index contributed by atoms with van der Waals surface area (Å²) in [6.07, 6.45) is 9.81. The van der Waals surface area contributed by atoms with Crippen LogP contribution in [-0.2, 0) is 0 Å². The van der Waals surface area contributed by atoms with Crippen molar-refractivity contribution in [2.75, 3.05) is 0 Å². The van der Waals surface area contributed by atoms with Gasteiger partial charge in [0.05, 0.1) is 0 Å². The SMILES string of the molecule is [CH2]CCCCC1CCCC1C. The Morgan fingerprint density at radius 3 is 2.64 bits per heavy atom. The number of rotatable bonds is 4. The average molecular weight is 153 g/mol. The molecular formula is C11H21. The minimum Gasteiger partial charge on any atom is -0.0622 e. The van der Waals surface area contributed by atoms with Gasteiger partial charge >= 0.3 is 0 Å². The maximum Gasteiger partial charge on any atom is -0.0388 e. The molecule has 2 atom stereocenters. The zero-order valence-electron chi connectivity index (χ0n) is 7.81. The molecule has 1 saturated carbocycles. The fourth-order valence-corrected chi connectivity index (χ4v) is 2.23. The van der Waals surface area contributed by atoms with Crippen molar-refractivity contribution in [1.29, 1.82) is 0 Å². The van der Waals surface area contributed by atoms with Crippen LogP contribution in [0.3, 0.4) is 0 Å². The van der Waals surface area contributed by atoms with E-state index in [-0.39, 0.29) is 0 Å². The smallest absolute Gasteiger partial charge is 0.0388 e. The van der Waals surface area contributed by atoms with Crippen LogP contribution in [0.15, 0.2) is 0 Å². The molecule has 0 bridgehead atoms. The summed E-state index contributed by atoms with van der Waals surface area (Å²) < 4.78 is 0. The fraction of sp³-hybridized carbons (Fsp3) is 0.909. The van der Waals surface area contributed by atoms with Gasteiger partial charge in [0, 0.05) is 0 Å². The Labute approximate surface area is 71.4 Å². The molecule has 1 aliphatic rings. The first-order valence-corrected chi connectivity index (χ1v) is 5.14. The second-order valence-electron chi connectivity index (χ2n) is 4.02. The zero-order valence-corrected chi connectivity index (χ0v) is 7.81. The molecule has 65 valence electrons. The van der Waals surface area contributed by atoms with Gasteiger partial charge in [0.2, 0.25) is 0 Å². The lowest BCUT2D eigenvalue weighted by molar-refractivity contribution is 0.378. The molecule has 0 saturated heterocycles. The molecule has 1 fully saturated rings. The molecule has 0 heterocycles. The van der Waals surface area contributed by atoms with E-state index in [2.05, 4.69) is 13.8 Å². The van der Waals surface area contributed by atoms with Gasteiger partial charge in [0.1, 0.15) is 0 Å². The van der Waals surface area contributed by atoms with Crippen LogP contribution < -0.4 is 0 Å². The van der Waals surface area contributed by atoms with Crippen LogP contribution in [0.4, 0.5) is 0 Å². The Morgan fingerprint density at radius 1 is 1.27 bits per heavy atom. The third-order valence-electron chi connectivity index (χ3n) is 3.11. The lowest BCUT2D eigenvalue weighted by Gasteiger charge is -2.13. The Balaban J connectivity index is 2.05. The second-order valence-corrected chi connectivity index (χ2v) is 4.02. The van der Waals surface area contributed by atoms with Crippen molar-refractivity contribution in [2.24, 2.45) is 11.8 Å². The third kappa shape index (κ3) is 2.84. The maximum absolute atomic E-state index is 3.87. The summed E-state index contributed by atoms with van der Waals surface area (Å²) in [5.74, 6) is 2.07. The molecule has 0 aliphatic heterocycles. The van der Waals surface area contributed by atoms with Crippen molar-refractivity contribution in [2.45, 2.75) is 51.9 Å². The van der Waals surface area contributed by atoms with Gasteiger partial charge in [-0.25, -0.2) is 0 Å². The van der Waals surface area contributed by atoms with Crippen LogP contribution in [-0.4, -0.2) is 0 Å². The van der Waals surface area contributed by atoms with Gasteiger partial charge in [0.15, 0.2) is 0 Å². The summed E-state index contributed by atoms with van der Waals surface area (Å²) in [5, 5.41) is 0. The Kier molecular flexibility index (Phi) is 3.96.